The lowest BCUT2D eigenvalue weighted by atomic mass is 10.0. The van der Waals surface area contributed by atoms with Gasteiger partial charge in [-0.15, -0.1) is 0 Å². The summed E-state index contributed by atoms with van der Waals surface area (Å²) in [6.07, 6.45) is -0.447. The first-order valence-electron chi connectivity index (χ1n) is 6.13. The van der Waals surface area contributed by atoms with Gasteiger partial charge in [0, 0.05) is 19.1 Å². The summed E-state index contributed by atoms with van der Waals surface area (Å²) in [6.45, 7) is 5.93. The van der Waals surface area contributed by atoms with E-state index >= 15 is 0 Å². The molecule has 96 valence electrons. The molecule has 3 heteroatoms. The number of benzene rings is 1. The first-order chi connectivity index (χ1) is 8.00. The van der Waals surface area contributed by atoms with Crippen molar-refractivity contribution in [3.8, 4) is 0 Å². The Morgan fingerprint density at radius 3 is 2.35 bits per heavy atom. The van der Waals surface area contributed by atoms with Gasteiger partial charge in [-0.25, -0.2) is 0 Å². The number of nitrogens with one attached hydrogen (secondary N) is 1. The Morgan fingerprint density at radius 2 is 1.82 bits per heavy atom. The molecule has 0 aromatic heterocycles. The summed E-state index contributed by atoms with van der Waals surface area (Å²) in [5.41, 5.74) is 2.19. The zero-order valence-electron chi connectivity index (χ0n) is 11.3. The third-order valence-electron chi connectivity index (χ3n) is 2.92. The van der Waals surface area contributed by atoms with E-state index in [0.29, 0.717) is 0 Å². The Labute approximate surface area is 104 Å². The molecule has 17 heavy (non-hydrogen) atoms. The van der Waals surface area contributed by atoms with Crippen molar-refractivity contribution in [2.45, 2.75) is 26.0 Å². The van der Waals surface area contributed by atoms with E-state index in [0.717, 1.165) is 18.7 Å². The zero-order chi connectivity index (χ0) is 12.8. The van der Waals surface area contributed by atoms with E-state index in [1.807, 2.05) is 45.3 Å². The van der Waals surface area contributed by atoms with Crippen LogP contribution in [0.15, 0.2) is 24.3 Å². The van der Waals surface area contributed by atoms with Gasteiger partial charge in [0.1, 0.15) is 0 Å². The summed E-state index contributed by atoms with van der Waals surface area (Å²) >= 11 is 0. The first kappa shape index (κ1) is 14.2. The number of aliphatic hydroxyl groups excluding tert-OH is 1. The van der Waals surface area contributed by atoms with E-state index in [-0.39, 0.29) is 6.04 Å². The first-order valence-corrected chi connectivity index (χ1v) is 6.13. The maximum atomic E-state index is 10.2. The number of aryl methyl sites for hydroxylation is 1. The molecule has 1 rings (SSSR count). The van der Waals surface area contributed by atoms with E-state index in [2.05, 4.69) is 17.1 Å². The maximum absolute atomic E-state index is 10.2. The SMILES string of the molecule is Cc1ccc(C(O)C(C)NCCN(C)C)cc1. The molecule has 0 bridgehead atoms. The van der Waals surface area contributed by atoms with Crippen LogP contribution < -0.4 is 5.32 Å². The smallest absolute Gasteiger partial charge is 0.0940 e. The van der Waals surface area contributed by atoms with Gasteiger partial charge in [-0.05, 0) is 33.5 Å². The predicted octanol–water partition coefficient (Wildman–Crippen LogP) is 1.57. The molecule has 0 saturated heterocycles. The van der Waals surface area contributed by atoms with Gasteiger partial charge in [-0.3, -0.25) is 0 Å². The minimum atomic E-state index is -0.447. The van der Waals surface area contributed by atoms with Crippen LogP contribution in [0.2, 0.25) is 0 Å². The molecule has 2 unspecified atom stereocenters. The van der Waals surface area contributed by atoms with Crippen molar-refractivity contribution < 1.29 is 5.11 Å². The Hall–Kier alpha value is -0.900. The standard InChI is InChI=1S/C14H24N2O/c1-11-5-7-13(8-6-11)14(17)12(2)15-9-10-16(3)4/h5-8,12,14-15,17H,9-10H2,1-4H3. The van der Waals surface area contributed by atoms with E-state index in [9.17, 15) is 5.11 Å². The van der Waals surface area contributed by atoms with E-state index in [1.165, 1.54) is 5.56 Å². The van der Waals surface area contributed by atoms with Crippen LogP contribution in [0.1, 0.15) is 24.2 Å². The molecular formula is C14H24N2O. The zero-order valence-corrected chi connectivity index (χ0v) is 11.3. The van der Waals surface area contributed by atoms with Gasteiger partial charge < -0.3 is 15.3 Å². The molecular weight excluding hydrogens is 212 g/mol. The summed E-state index contributed by atoms with van der Waals surface area (Å²) in [5.74, 6) is 0. The van der Waals surface area contributed by atoms with Gasteiger partial charge in [-0.2, -0.15) is 0 Å². The lowest BCUT2D eigenvalue weighted by Gasteiger charge is -2.21. The van der Waals surface area contributed by atoms with Crippen LogP contribution >= 0.6 is 0 Å². The molecule has 0 heterocycles. The fourth-order valence-corrected chi connectivity index (χ4v) is 1.68. The molecule has 0 radical (unpaired) electrons. The molecule has 2 N–H and O–H groups in total. The van der Waals surface area contributed by atoms with Crippen molar-refractivity contribution in [3.05, 3.63) is 35.4 Å². The molecule has 0 aliphatic rings. The van der Waals surface area contributed by atoms with E-state index in [1.54, 1.807) is 0 Å². The number of aliphatic hydroxyl groups is 1. The molecule has 1 aromatic carbocycles. The van der Waals surface area contributed by atoms with Gasteiger partial charge in [0.15, 0.2) is 0 Å². The van der Waals surface area contributed by atoms with E-state index < -0.39 is 6.10 Å². The fourth-order valence-electron chi connectivity index (χ4n) is 1.68. The van der Waals surface area contributed by atoms with Gasteiger partial charge in [-0.1, -0.05) is 29.8 Å². The van der Waals surface area contributed by atoms with Crippen molar-refractivity contribution >= 4 is 0 Å². The van der Waals surface area contributed by atoms with Crippen LogP contribution in [0.3, 0.4) is 0 Å². The maximum Gasteiger partial charge on any atom is 0.0940 e. The van der Waals surface area contributed by atoms with Crippen LogP contribution in [0.25, 0.3) is 0 Å². The van der Waals surface area contributed by atoms with Crippen molar-refractivity contribution in [3.63, 3.8) is 0 Å². The van der Waals surface area contributed by atoms with Gasteiger partial charge in [0.05, 0.1) is 6.10 Å². The average molecular weight is 236 g/mol. The normalized spacial score (nSPS) is 14.9. The van der Waals surface area contributed by atoms with Crippen molar-refractivity contribution in [2.75, 3.05) is 27.2 Å². The summed E-state index contributed by atoms with van der Waals surface area (Å²) in [5, 5.41) is 13.5. The number of likely N-dealkylation sites (N-methyl/N-ethyl adjacent to an activating group) is 1. The summed E-state index contributed by atoms with van der Waals surface area (Å²) in [4.78, 5) is 2.12. The molecule has 1 aromatic rings. The Bertz CT molecular complexity index is 321. The van der Waals surface area contributed by atoms with Crippen LogP contribution in [-0.4, -0.2) is 43.2 Å². The van der Waals surface area contributed by atoms with Crippen LogP contribution in [0, 0.1) is 6.92 Å². The molecule has 2 atom stereocenters. The second-order valence-corrected chi connectivity index (χ2v) is 4.90. The van der Waals surface area contributed by atoms with Gasteiger partial charge >= 0.3 is 0 Å². The highest BCUT2D eigenvalue weighted by Gasteiger charge is 2.15. The third-order valence-corrected chi connectivity index (χ3v) is 2.92. The summed E-state index contributed by atoms with van der Waals surface area (Å²) in [6, 6.07) is 8.11. The van der Waals surface area contributed by atoms with Crippen molar-refractivity contribution in [2.24, 2.45) is 0 Å². The highest BCUT2D eigenvalue weighted by atomic mass is 16.3. The quantitative estimate of drug-likeness (QED) is 0.787. The molecule has 3 nitrogen and oxygen atoms in total. The minimum Gasteiger partial charge on any atom is -0.387 e. The molecule has 0 aliphatic carbocycles. The topological polar surface area (TPSA) is 35.5 Å². The van der Waals surface area contributed by atoms with Crippen LogP contribution in [0.4, 0.5) is 0 Å². The van der Waals surface area contributed by atoms with Crippen LogP contribution in [0.5, 0.6) is 0 Å². The average Bonchev–Trinajstić information content (AvgIpc) is 2.28. The number of hydrogen-bond donors (Lipinski definition) is 2. The Kier molecular flexibility index (Phi) is 5.62. The second kappa shape index (κ2) is 6.74. The molecule has 0 fully saturated rings. The lowest BCUT2D eigenvalue weighted by Crippen LogP contribution is -2.36. The summed E-state index contributed by atoms with van der Waals surface area (Å²) in [7, 11) is 4.09. The molecule has 0 saturated carbocycles. The van der Waals surface area contributed by atoms with E-state index in [4.69, 9.17) is 0 Å². The van der Waals surface area contributed by atoms with Gasteiger partial charge in [0.2, 0.25) is 0 Å². The third kappa shape index (κ3) is 4.86. The molecule has 0 amide bonds. The van der Waals surface area contributed by atoms with Crippen molar-refractivity contribution in [1.82, 2.24) is 10.2 Å². The minimum absolute atomic E-state index is 0.0673. The number of rotatable bonds is 6. The lowest BCUT2D eigenvalue weighted by molar-refractivity contribution is 0.135. The Morgan fingerprint density at radius 1 is 1.24 bits per heavy atom. The number of hydrogen-bond acceptors (Lipinski definition) is 3. The number of nitrogens with zero attached hydrogens (tertiary/aromatic N) is 1. The molecule has 0 aliphatic heterocycles. The van der Waals surface area contributed by atoms with Crippen molar-refractivity contribution in [1.29, 1.82) is 0 Å². The summed E-state index contributed by atoms with van der Waals surface area (Å²) < 4.78 is 0. The highest BCUT2D eigenvalue weighted by molar-refractivity contribution is 5.23. The molecule has 0 spiro atoms. The second-order valence-electron chi connectivity index (χ2n) is 4.90. The van der Waals surface area contributed by atoms with Crippen LogP contribution in [-0.2, 0) is 0 Å². The predicted molar refractivity (Wildman–Crippen MR) is 72.2 cm³/mol. The monoisotopic (exact) mass is 236 g/mol. The largest absolute Gasteiger partial charge is 0.387 e. The van der Waals surface area contributed by atoms with Gasteiger partial charge in [0.25, 0.3) is 0 Å². The Balaban J connectivity index is 2.45. The highest BCUT2D eigenvalue weighted by Crippen LogP contribution is 2.16. The fraction of sp³-hybridized carbons (Fsp3) is 0.571.